The van der Waals surface area contributed by atoms with Gasteiger partial charge in [-0.05, 0) is 86.8 Å². The second kappa shape index (κ2) is 8.66. The van der Waals surface area contributed by atoms with E-state index in [1.807, 2.05) is 0 Å². The molecule has 2 aromatic rings. The molecule has 4 aliphatic rings. The molecule has 1 saturated carbocycles. The molecule has 0 bridgehead atoms. The van der Waals surface area contributed by atoms with Gasteiger partial charge in [0.05, 0.1) is 28.6 Å². The maximum Gasteiger partial charge on any atom is 0.227 e. The molecule has 0 spiro atoms. The lowest BCUT2D eigenvalue weighted by atomic mass is 9.77. The summed E-state index contributed by atoms with van der Waals surface area (Å²) in [4.78, 5) is 12.9. The highest BCUT2D eigenvalue weighted by Crippen LogP contribution is 2.39. The number of nitrogens with zero attached hydrogens (tertiary/aromatic N) is 3. The highest BCUT2D eigenvalue weighted by atomic mass is 32.2. The predicted octanol–water partition coefficient (Wildman–Crippen LogP) is 3.73. The van der Waals surface area contributed by atoms with Gasteiger partial charge >= 0.3 is 0 Å². The van der Waals surface area contributed by atoms with Crippen LogP contribution in [0, 0.1) is 0 Å². The smallest absolute Gasteiger partial charge is 0.227 e. The van der Waals surface area contributed by atoms with Crippen molar-refractivity contribution in [1.82, 2.24) is 9.97 Å². The normalized spacial score (nSPS) is 24.2. The van der Waals surface area contributed by atoms with Gasteiger partial charge in [0.15, 0.2) is 0 Å². The molecule has 176 valence electrons. The van der Waals surface area contributed by atoms with Crippen LogP contribution in [-0.2, 0) is 30.1 Å². The van der Waals surface area contributed by atoms with Gasteiger partial charge in [-0.15, -0.1) is 0 Å². The largest absolute Gasteiger partial charge is 0.394 e. The number of aryl methyl sites for hydroxylation is 3. The van der Waals surface area contributed by atoms with E-state index in [1.54, 1.807) is 11.1 Å². The van der Waals surface area contributed by atoms with Crippen LogP contribution in [0.15, 0.2) is 23.1 Å². The van der Waals surface area contributed by atoms with Gasteiger partial charge in [0.1, 0.15) is 10.7 Å². The number of aromatic nitrogens is 2. The Kier molecular flexibility index (Phi) is 5.65. The zero-order valence-corrected chi connectivity index (χ0v) is 20.1. The van der Waals surface area contributed by atoms with E-state index in [9.17, 15) is 9.32 Å². The van der Waals surface area contributed by atoms with Gasteiger partial charge in [-0.2, -0.15) is 4.98 Å². The molecule has 33 heavy (non-hydrogen) atoms. The molecule has 3 heterocycles. The van der Waals surface area contributed by atoms with Crippen molar-refractivity contribution in [3.63, 3.8) is 0 Å². The van der Waals surface area contributed by atoms with Crippen LogP contribution in [0.1, 0.15) is 73.2 Å². The maximum atomic E-state index is 12.9. The molecule has 0 amide bonds. The molecule has 6 rings (SSSR count). The molecule has 7 heteroatoms. The summed E-state index contributed by atoms with van der Waals surface area (Å²) in [6, 6.07) is 7.17. The first-order valence-corrected chi connectivity index (χ1v) is 14.0. The van der Waals surface area contributed by atoms with E-state index in [4.69, 9.17) is 9.97 Å². The van der Waals surface area contributed by atoms with Crippen molar-refractivity contribution in [2.24, 2.45) is 0 Å². The first kappa shape index (κ1) is 21.5. The molecule has 1 aromatic heterocycles. The van der Waals surface area contributed by atoms with Gasteiger partial charge < -0.3 is 15.3 Å². The van der Waals surface area contributed by atoms with Gasteiger partial charge in [0.2, 0.25) is 5.95 Å². The summed E-state index contributed by atoms with van der Waals surface area (Å²) in [5.41, 5.74) is 5.21. The number of aliphatic hydroxyl groups excluding tert-OH is 1. The summed E-state index contributed by atoms with van der Waals surface area (Å²) in [6.07, 6.45) is 10.7. The van der Waals surface area contributed by atoms with E-state index in [0.29, 0.717) is 17.5 Å². The van der Waals surface area contributed by atoms with Gasteiger partial charge in [0, 0.05) is 18.8 Å². The van der Waals surface area contributed by atoms with Crippen molar-refractivity contribution in [1.29, 1.82) is 0 Å². The third kappa shape index (κ3) is 3.97. The van der Waals surface area contributed by atoms with Crippen LogP contribution in [0.2, 0.25) is 0 Å². The quantitative estimate of drug-likeness (QED) is 0.699. The number of rotatable bonds is 5. The average Bonchev–Trinajstić information content (AvgIpc) is 3.29. The van der Waals surface area contributed by atoms with Crippen molar-refractivity contribution in [3.05, 3.63) is 40.6 Å². The fraction of sp³-hybridized carbons (Fsp3) is 0.615. The number of hydrogen-bond donors (Lipinski definition) is 2. The fourth-order valence-corrected chi connectivity index (χ4v) is 7.36. The van der Waals surface area contributed by atoms with Crippen LogP contribution in [-0.4, -0.2) is 50.3 Å². The summed E-state index contributed by atoms with van der Waals surface area (Å²) in [5, 5.41) is 13.5. The molecular weight excluding hydrogens is 432 g/mol. The molecule has 2 aliphatic carbocycles. The molecule has 1 aromatic carbocycles. The summed E-state index contributed by atoms with van der Waals surface area (Å²) >= 11 is 0. The zero-order valence-electron chi connectivity index (χ0n) is 19.3. The van der Waals surface area contributed by atoms with Gasteiger partial charge in [-0.3, -0.25) is 4.21 Å². The van der Waals surface area contributed by atoms with Crippen molar-refractivity contribution in [3.8, 4) is 0 Å². The third-order valence-corrected chi connectivity index (χ3v) is 9.81. The Labute approximate surface area is 198 Å². The topological polar surface area (TPSA) is 78.4 Å². The van der Waals surface area contributed by atoms with E-state index >= 15 is 0 Å². The lowest BCUT2D eigenvalue weighted by molar-refractivity contribution is 0.143. The van der Waals surface area contributed by atoms with Crippen LogP contribution >= 0.6 is 0 Å². The van der Waals surface area contributed by atoms with E-state index in [-0.39, 0.29) is 12.1 Å². The predicted molar refractivity (Wildman–Crippen MR) is 132 cm³/mol. The summed E-state index contributed by atoms with van der Waals surface area (Å²) in [5.74, 6) is 2.72. The zero-order chi connectivity index (χ0) is 22.4. The lowest BCUT2D eigenvalue weighted by Gasteiger charge is -2.42. The highest BCUT2D eigenvalue weighted by Gasteiger charge is 2.38. The average molecular weight is 467 g/mol. The molecule has 6 nitrogen and oxygen atoms in total. The molecule has 2 fully saturated rings. The third-order valence-electron chi connectivity index (χ3n) is 8.26. The minimum Gasteiger partial charge on any atom is -0.394 e. The molecule has 2 aliphatic heterocycles. The number of hydrogen-bond acceptors (Lipinski definition) is 6. The van der Waals surface area contributed by atoms with Crippen molar-refractivity contribution in [2.75, 3.05) is 35.7 Å². The van der Waals surface area contributed by atoms with Crippen LogP contribution in [0.4, 0.5) is 11.8 Å². The maximum absolute atomic E-state index is 12.9. The van der Waals surface area contributed by atoms with Gasteiger partial charge in [-0.1, -0.05) is 18.2 Å². The van der Waals surface area contributed by atoms with Crippen molar-refractivity contribution >= 4 is 22.6 Å². The minimum atomic E-state index is -1.07. The number of nitrogens with one attached hydrogen (secondary N) is 1. The molecule has 1 saturated heterocycles. The number of anilines is 2. The number of piperidine rings is 1. The standard InChI is InChI=1S/C26H34N4O2S/c31-17-26(11-3-12-26)29-24-23-22(6-2-15-33(23)32)27-25(28-24)30-13-9-19(10-14-30)21-8-7-18-4-1-5-20(18)16-21/h7-8,16,19,31H,1-6,9-15,17H2,(H,27,28,29). The molecule has 1 unspecified atom stereocenters. The first-order chi connectivity index (χ1) is 16.1. The van der Waals surface area contributed by atoms with Crippen LogP contribution in [0.5, 0.6) is 0 Å². The highest BCUT2D eigenvalue weighted by molar-refractivity contribution is 7.85. The minimum absolute atomic E-state index is 0.0833. The van der Waals surface area contributed by atoms with Crippen LogP contribution in [0.25, 0.3) is 0 Å². The van der Waals surface area contributed by atoms with E-state index < -0.39 is 10.8 Å². The summed E-state index contributed by atoms with van der Waals surface area (Å²) < 4.78 is 12.9. The number of aliphatic hydroxyl groups is 1. The molecule has 0 radical (unpaired) electrons. The van der Waals surface area contributed by atoms with Crippen LogP contribution in [0.3, 0.4) is 0 Å². The number of fused-ring (bicyclic) bond motifs is 2. The Morgan fingerprint density at radius 1 is 1.06 bits per heavy atom. The van der Waals surface area contributed by atoms with Crippen LogP contribution < -0.4 is 10.2 Å². The Hall–Kier alpha value is -1.99. The Morgan fingerprint density at radius 2 is 1.88 bits per heavy atom. The van der Waals surface area contributed by atoms with Gasteiger partial charge in [-0.25, -0.2) is 4.98 Å². The fourth-order valence-electron chi connectivity index (χ4n) is 6.03. The molecule has 1 atom stereocenters. The monoisotopic (exact) mass is 466 g/mol. The van der Waals surface area contributed by atoms with E-state index in [1.165, 1.54) is 24.8 Å². The first-order valence-electron chi connectivity index (χ1n) is 12.7. The second-order valence-corrected chi connectivity index (χ2v) is 11.9. The van der Waals surface area contributed by atoms with E-state index in [2.05, 4.69) is 28.4 Å². The SMILES string of the molecule is O=S1CCCc2nc(N3CCC(c4ccc5c(c4)CCC5)CC3)nc(NC3(CO)CCC3)c21. The van der Waals surface area contributed by atoms with Gasteiger partial charge in [0.25, 0.3) is 0 Å². The summed E-state index contributed by atoms with van der Waals surface area (Å²) in [6.45, 7) is 1.96. The second-order valence-electron chi connectivity index (χ2n) is 10.4. The Bertz CT molecular complexity index is 1070. The summed E-state index contributed by atoms with van der Waals surface area (Å²) in [7, 11) is -1.07. The molecule has 2 N–H and O–H groups in total. The Morgan fingerprint density at radius 3 is 2.64 bits per heavy atom. The molecular formula is C26H34N4O2S. The lowest BCUT2D eigenvalue weighted by Crippen LogP contribution is -2.49. The van der Waals surface area contributed by atoms with Crippen molar-refractivity contribution < 1.29 is 9.32 Å². The number of benzene rings is 1. The Balaban J connectivity index is 1.23. The van der Waals surface area contributed by atoms with E-state index in [0.717, 1.165) is 74.6 Å². The van der Waals surface area contributed by atoms with Crippen molar-refractivity contribution in [2.45, 2.75) is 80.6 Å².